The standard InChI is InChI=1S/C12H11N3O/c1-8-13-15-11(14(8)2)7-9-5-3-4-6-10(9)12(15)16/h3-7H,1-2H3. The summed E-state index contributed by atoms with van der Waals surface area (Å²) in [6, 6.07) is 9.55. The molecule has 4 heteroatoms. The average molecular weight is 213 g/mol. The second kappa shape index (κ2) is 2.95. The quantitative estimate of drug-likeness (QED) is 0.567. The fourth-order valence-electron chi connectivity index (χ4n) is 1.95. The maximum atomic E-state index is 12.1. The van der Waals surface area contributed by atoms with Gasteiger partial charge < -0.3 is 4.57 Å². The van der Waals surface area contributed by atoms with Gasteiger partial charge in [-0.25, -0.2) is 0 Å². The van der Waals surface area contributed by atoms with Crippen molar-refractivity contribution in [1.29, 1.82) is 0 Å². The number of rotatable bonds is 0. The first-order chi connectivity index (χ1) is 7.68. The lowest BCUT2D eigenvalue weighted by Gasteiger charge is -1.99. The molecular formula is C12H11N3O. The summed E-state index contributed by atoms with van der Waals surface area (Å²) in [4.78, 5) is 12.1. The van der Waals surface area contributed by atoms with Gasteiger partial charge in [0.2, 0.25) is 0 Å². The summed E-state index contributed by atoms with van der Waals surface area (Å²) >= 11 is 0. The van der Waals surface area contributed by atoms with Crippen molar-refractivity contribution in [1.82, 2.24) is 14.2 Å². The van der Waals surface area contributed by atoms with E-state index >= 15 is 0 Å². The van der Waals surface area contributed by atoms with Gasteiger partial charge in [0.1, 0.15) is 11.5 Å². The molecule has 3 aromatic rings. The Morgan fingerprint density at radius 1 is 1.25 bits per heavy atom. The zero-order valence-electron chi connectivity index (χ0n) is 9.14. The van der Waals surface area contributed by atoms with E-state index < -0.39 is 0 Å². The Balaban J connectivity index is 2.66. The lowest BCUT2D eigenvalue weighted by Crippen LogP contribution is -2.14. The monoisotopic (exact) mass is 213 g/mol. The largest absolute Gasteiger partial charge is 0.316 e. The van der Waals surface area contributed by atoms with Crippen LogP contribution in [0, 0.1) is 6.92 Å². The molecule has 0 fully saturated rings. The molecule has 16 heavy (non-hydrogen) atoms. The Bertz CT molecular complexity index is 752. The Morgan fingerprint density at radius 3 is 2.81 bits per heavy atom. The minimum Gasteiger partial charge on any atom is -0.316 e. The van der Waals surface area contributed by atoms with E-state index in [0.29, 0.717) is 5.39 Å². The summed E-state index contributed by atoms with van der Waals surface area (Å²) in [5.74, 6) is 0.826. The van der Waals surface area contributed by atoms with Crippen LogP contribution in [-0.2, 0) is 7.05 Å². The van der Waals surface area contributed by atoms with E-state index in [1.54, 1.807) is 0 Å². The Hall–Kier alpha value is -2.10. The number of aryl methyl sites for hydroxylation is 2. The minimum atomic E-state index is -0.0585. The summed E-state index contributed by atoms with van der Waals surface area (Å²) < 4.78 is 3.37. The summed E-state index contributed by atoms with van der Waals surface area (Å²) in [6.45, 7) is 1.89. The normalized spacial score (nSPS) is 11.4. The molecule has 2 aromatic heterocycles. The third-order valence-corrected chi connectivity index (χ3v) is 2.96. The SMILES string of the molecule is Cc1nn2c(=O)c3ccccc3cc2n1C. The van der Waals surface area contributed by atoms with Gasteiger partial charge in [0.15, 0.2) is 0 Å². The van der Waals surface area contributed by atoms with Gasteiger partial charge in [-0.1, -0.05) is 18.2 Å². The van der Waals surface area contributed by atoms with Crippen molar-refractivity contribution in [2.75, 3.05) is 0 Å². The molecule has 0 spiro atoms. The molecule has 0 unspecified atom stereocenters. The highest BCUT2D eigenvalue weighted by Gasteiger charge is 2.08. The highest BCUT2D eigenvalue weighted by atomic mass is 16.1. The molecule has 0 N–H and O–H groups in total. The van der Waals surface area contributed by atoms with Crippen LogP contribution in [0.2, 0.25) is 0 Å². The highest BCUT2D eigenvalue weighted by Crippen LogP contribution is 2.12. The molecule has 4 nitrogen and oxygen atoms in total. The number of hydrogen-bond acceptors (Lipinski definition) is 2. The van der Waals surface area contributed by atoms with Gasteiger partial charge in [0, 0.05) is 12.4 Å². The van der Waals surface area contributed by atoms with Crippen LogP contribution in [0.25, 0.3) is 16.4 Å². The third kappa shape index (κ3) is 1.04. The molecule has 1 aromatic carbocycles. The smallest absolute Gasteiger partial charge is 0.280 e. The van der Waals surface area contributed by atoms with Crippen molar-refractivity contribution < 1.29 is 0 Å². The van der Waals surface area contributed by atoms with Gasteiger partial charge in [-0.2, -0.15) is 9.61 Å². The first kappa shape index (κ1) is 9.15. The van der Waals surface area contributed by atoms with E-state index in [1.165, 1.54) is 4.52 Å². The van der Waals surface area contributed by atoms with E-state index in [2.05, 4.69) is 5.10 Å². The van der Waals surface area contributed by atoms with E-state index in [-0.39, 0.29) is 5.56 Å². The Morgan fingerprint density at radius 2 is 2.00 bits per heavy atom. The molecule has 0 aliphatic heterocycles. The van der Waals surface area contributed by atoms with Crippen LogP contribution in [0.4, 0.5) is 0 Å². The average Bonchev–Trinajstić information content (AvgIpc) is 2.58. The fourth-order valence-corrected chi connectivity index (χ4v) is 1.95. The van der Waals surface area contributed by atoms with Gasteiger partial charge in [0.25, 0.3) is 5.56 Å². The zero-order valence-corrected chi connectivity index (χ0v) is 9.14. The molecule has 2 heterocycles. The molecule has 0 atom stereocenters. The number of fused-ring (bicyclic) bond motifs is 2. The fraction of sp³-hybridized carbons (Fsp3) is 0.167. The van der Waals surface area contributed by atoms with Gasteiger partial charge >= 0.3 is 0 Å². The molecule has 0 aliphatic rings. The number of nitrogens with zero attached hydrogens (tertiary/aromatic N) is 3. The zero-order chi connectivity index (χ0) is 11.3. The van der Waals surface area contributed by atoms with Crippen molar-refractivity contribution in [2.24, 2.45) is 7.05 Å². The van der Waals surface area contributed by atoms with Gasteiger partial charge in [-0.3, -0.25) is 4.79 Å². The van der Waals surface area contributed by atoms with Crippen molar-refractivity contribution in [3.05, 3.63) is 46.5 Å². The predicted octanol–water partition coefficient (Wildman–Crippen LogP) is 1.49. The summed E-state index contributed by atoms with van der Waals surface area (Å²) in [5, 5.41) is 5.89. The second-order valence-corrected chi connectivity index (χ2v) is 3.91. The topological polar surface area (TPSA) is 39.3 Å². The Kier molecular flexibility index (Phi) is 1.68. The van der Waals surface area contributed by atoms with Gasteiger partial charge in [-0.05, 0) is 24.4 Å². The van der Waals surface area contributed by atoms with Crippen LogP contribution in [-0.4, -0.2) is 14.2 Å². The molecular weight excluding hydrogens is 202 g/mol. The van der Waals surface area contributed by atoms with E-state index in [9.17, 15) is 4.79 Å². The van der Waals surface area contributed by atoms with Crippen molar-refractivity contribution >= 4 is 16.4 Å². The predicted molar refractivity (Wildman–Crippen MR) is 62.7 cm³/mol. The third-order valence-electron chi connectivity index (χ3n) is 2.96. The van der Waals surface area contributed by atoms with Crippen LogP contribution >= 0.6 is 0 Å². The van der Waals surface area contributed by atoms with Gasteiger partial charge in [0.05, 0.1) is 0 Å². The molecule has 80 valence electrons. The number of aromatic nitrogens is 3. The minimum absolute atomic E-state index is 0.0585. The molecule has 0 saturated heterocycles. The van der Waals surface area contributed by atoms with E-state index in [0.717, 1.165) is 16.9 Å². The summed E-state index contributed by atoms with van der Waals surface area (Å²) in [5.41, 5.74) is 0.762. The first-order valence-corrected chi connectivity index (χ1v) is 5.12. The lowest BCUT2D eigenvalue weighted by atomic mass is 10.2. The number of benzene rings is 1. The maximum absolute atomic E-state index is 12.1. The van der Waals surface area contributed by atoms with Crippen LogP contribution in [0.3, 0.4) is 0 Å². The van der Waals surface area contributed by atoms with Crippen LogP contribution in [0.1, 0.15) is 5.82 Å². The van der Waals surface area contributed by atoms with Crippen molar-refractivity contribution in [3.8, 4) is 0 Å². The summed E-state index contributed by atoms with van der Waals surface area (Å²) in [6.07, 6.45) is 0. The van der Waals surface area contributed by atoms with E-state index in [1.807, 2.05) is 48.9 Å². The van der Waals surface area contributed by atoms with Crippen LogP contribution in [0.5, 0.6) is 0 Å². The van der Waals surface area contributed by atoms with Crippen molar-refractivity contribution in [3.63, 3.8) is 0 Å². The molecule has 3 rings (SSSR count). The number of pyridine rings is 1. The van der Waals surface area contributed by atoms with Crippen LogP contribution < -0.4 is 5.56 Å². The van der Waals surface area contributed by atoms with Gasteiger partial charge in [-0.15, -0.1) is 0 Å². The molecule has 0 aliphatic carbocycles. The lowest BCUT2D eigenvalue weighted by molar-refractivity contribution is 0.869. The molecule has 0 saturated carbocycles. The Labute approximate surface area is 91.7 Å². The number of hydrogen-bond donors (Lipinski definition) is 0. The first-order valence-electron chi connectivity index (χ1n) is 5.12. The maximum Gasteiger partial charge on any atom is 0.280 e. The van der Waals surface area contributed by atoms with Crippen LogP contribution in [0.15, 0.2) is 35.1 Å². The van der Waals surface area contributed by atoms with Crippen molar-refractivity contribution in [2.45, 2.75) is 6.92 Å². The molecule has 0 amide bonds. The highest BCUT2D eigenvalue weighted by molar-refractivity contribution is 5.84. The molecule has 0 bridgehead atoms. The molecule has 0 radical (unpaired) electrons. The summed E-state index contributed by atoms with van der Waals surface area (Å²) in [7, 11) is 1.91. The van der Waals surface area contributed by atoms with E-state index in [4.69, 9.17) is 0 Å². The second-order valence-electron chi connectivity index (χ2n) is 3.91.